The molecule has 1 aliphatic carbocycles. The van der Waals surface area contributed by atoms with E-state index in [4.69, 9.17) is 0 Å². The van der Waals surface area contributed by atoms with Gasteiger partial charge in [0.15, 0.2) is 0 Å². The standard InChI is InChI=1S/C17H27N3O/c1-13(2)10-11-18-17(21)16-9-8-15(12-19-16)20-14-6-4-3-5-7-14/h8-9,12-14,20H,3-7,10-11H2,1-2H3,(H,18,21). The van der Waals surface area contributed by atoms with Gasteiger partial charge in [-0.2, -0.15) is 0 Å². The lowest BCUT2D eigenvalue weighted by atomic mass is 9.95. The molecule has 0 bridgehead atoms. The molecule has 21 heavy (non-hydrogen) atoms. The van der Waals surface area contributed by atoms with Crippen LogP contribution in [0.15, 0.2) is 18.3 Å². The second-order valence-electron chi connectivity index (χ2n) is 6.35. The van der Waals surface area contributed by atoms with Crippen LogP contribution in [0, 0.1) is 5.92 Å². The van der Waals surface area contributed by atoms with E-state index in [0.29, 0.717) is 24.2 Å². The Labute approximate surface area is 127 Å². The van der Waals surface area contributed by atoms with Gasteiger partial charge in [-0.05, 0) is 37.3 Å². The molecule has 1 aromatic heterocycles. The van der Waals surface area contributed by atoms with Crippen molar-refractivity contribution in [2.75, 3.05) is 11.9 Å². The molecule has 0 saturated heterocycles. The van der Waals surface area contributed by atoms with Crippen LogP contribution in [0.2, 0.25) is 0 Å². The van der Waals surface area contributed by atoms with E-state index < -0.39 is 0 Å². The fraction of sp³-hybridized carbons (Fsp3) is 0.647. The summed E-state index contributed by atoms with van der Waals surface area (Å²) < 4.78 is 0. The molecule has 2 N–H and O–H groups in total. The Hall–Kier alpha value is -1.58. The van der Waals surface area contributed by atoms with Crippen molar-refractivity contribution in [1.82, 2.24) is 10.3 Å². The van der Waals surface area contributed by atoms with E-state index in [9.17, 15) is 4.79 Å². The van der Waals surface area contributed by atoms with Crippen LogP contribution in [0.25, 0.3) is 0 Å². The van der Waals surface area contributed by atoms with Gasteiger partial charge in [0, 0.05) is 12.6 Å². The SMILES string of the molecule is CC(C)CCNC(=O)c1ccc(NC2CCCCC2)cn1. The zero-order chi connectivity index (χ0) is 15.1. The Morgan fingerprint density at radius 1 is 1.29 bits per heavy atom. The summed E-state index contributed by atoms with van der Waals surface area (Å²) in [7, 11) is 0. The topological polar surface area (TPSA) is 54.0 Å². The molecule has 116 valence electrons. The predicted molar refractivity (Wildman–Crippen MR) is 86.5 cm³/mol. The normalized spacial score (nSPS) is 16.0. The Bertz CT molecular complexity index is 436. The van der Waals surface area contributed by atoms with Gasteiger partial charge in [-0.15, -0.1) is 0 Å². The van der Waals surface area contributed by atoms with Crippen molar-refractivity contribution >= 4 is 11.6 Å². The van der Waals surface area contributed by atoms with Gasteiger partial charge in [0.05, 0.1) is 11.9 Å². The van der Waals surface area contributed by atoms with Gasteiger partial charge in [0.1, 0.15) is 5.69 Å². The molecule has 0 unspecified atom stereocenters. The highest BCUT2D eigenvalue weighted by Crippen LogP contribution is 2.21. The first-order valence-corrected chi connectivity index (χ1v) is 8.16. The van der Waals surface area contributed by atoms with Crippen molar-refractivity contribution in [2.45, 2.75) is 58.4 Å². The van der Waals surface area contributed by atoms with Crippen LogP contribution < -0.4 is 10.6 Å². The molecule has 0 atom stereocenters. The monoisotopic (exact) mass is 289 g/mol. The minimum atomic E-state index is -0.0835. The van der Waals surface area contributed by atoms with Gasteiger partial charge in [0.25, 0.3) is 5.91 Å². The minimum Gasteiger partial charge on any atom is -0.381 e. The number of nitrogens with zero attached hydrogens (tertiary/aromatic N) is 1. The molecule has 1 heterocycles. The average molecular weight is 289 g/mol. The third-order valence-corrected chi connectivity index (χ3v) is 3.98. The number of aromatic nitrogens is 1. The van der Waals surface area contributed by atoms with Crippen LogP contribution in [0.5, 0.6) is 0 Å². The quantitative estimate of drug-likeness (QED) is 0.841. The fourth-order valence-electron chi connectivity index (χ4n) is 2.66. The van der Waals surface area contributed by atoms with E-state index in [2.05, 4.69) is 29.5 Å². The van der Waals surface area contributed by atoms with Crippen LogP contribution in [0.3, 0.4) is 0 Å². The van der Waals surface area contributed by atoms with Gasteiger partial charge in [-0.25, -0.2) is 4.98 Å². The van der Waals surface area contributed by atoms with Crippen LogP contribution >= 0.6 is 0 Å². The van der Waals surface area contributed by atoms with E-state index in [0.717, 1.165) is 12.1 Å². The van der Waals surface area contributed by atoms with Crippen LogP contribution in [0.1, 0.15) is 62.9 Å². The zero-order valence-corrected chi connectivity index (χ0v) is 13.2. The molecule has 4 nitrogen and oxygen atoms in total. The second-order valence-corrected chi connectivity index (χ2v) is 6.35. The number of amides is 1. The number of carbonyl (C=O) groups excluding carboxylic acids is 1. The lowest BCUT2D eigenvalue weighted by Gasteiger charge is -2.23. The number of hydrogen-bond donors (Lipinski definition) is 2. The maximum absolute atomic E-state index is 11.9. The number of hydrogen-bond acceptors (Lipinski definition) is 3. The number of anilines is 1. The highest BCUT2D eigenvalue weighted by Gasteiger charge is 2.13. The van der Waals surface area contributed by atoms with E-state index >= 15 is 0 Å². The number of pyridine rings is 1. The Morgan fingerprint density at radius 3 is 2.67 bits per heavy atom. The third kappa shape index (κ3) is 5.37. The van der Waals surface area contributed by atoms with E-state index in [1.807, 2.05) is 6.07 Å². The molecule has 0 radical (unpaired) electrons. The summed E-state index contributed by atoms with van der Waals surface area (Å²) in [6.45, 7) is 5.01. The van der Waals surface area contributed by atoms with Gasteiger partial charge in [-0.1, -0.05) is 33.1 Å². The largest absolute Gasteiger partial charge is 0.381 e. The molecule has 1 aromatic rings. The summed E-state index contributed by atoms with van der Waals surface area (Å²) in [5, 5.41) is 6.42. The lowest BCUT2D eigenvalue weighted by Crippen LogP contribution is -2.26. The number of rotatable bonds is 6. The molecule has 0 aliphatic heterocycles. The summed E-state index contributed by atoms with van der Waals surface area (Å²) in [5.41, 5.74) is 1.51. The first-order chi connectivity index (χ1) is 10.1. The second kappa shape index (κ2) is 8.01. The van der Waals surface area contributed by atoms with Crippen LogP contribution in [0.4, 0.5) is 5.69 Å². The average Bonchev–Trinajstić information content (AvgIpc) is 2.48. The molecule has 1 fully saturated rings. The van der Waals surface area contributed by atoms with E-state index in [1.165, 1.54) is 32.1 Å². The Kier molecular flexibility index (Phi) is 6.03. The first-order valence-electron chi connectivity index (χ1n) is 8.16. The maximum Gasteiger partial charge on any atom is 0.269 e. The Balaban J connectivity index is 1.81. The fourth-order valence-corrected chi connectivity index (χ4v) is 2.66. The Morgan fingerprint density at radius 2 is 2.05 bits per heavy atom. The van der Waals surface area contributed by atoms with Crippen LogP contribution in [-0.4, -0.2) is 23.5 Å². The first kappa shape index (κ1) is 15.8. The molecule has 1 saturated carbocycles. The molecule has 0 spiro atoms. The summed E-state index contributed by atoms with van der Waals surface area (Å²) in [6.07, 6.45) is 9.20. The smallest absolute Gasteiger partial charge is 0.269 e. The molecular weight excluding hydrogens is 262 g/mol. The lowest BCUT2D eigenvalue weighted by molar-refractivity contribution is 0.0947. The molecular formula is C17H27N3O. The molecule has 1 amide bonds. The molecule has 1 aliphatic rings. The molecule has 0 aromatic carbocycles. The summed E-state index contributed by atoms with van der Waals surface area (Å²) >= 11 is 0. The number of carbonyl (C=O) groups is 1. The van der Waals surface area contributed by atoms with Gasteiger partial charge in [-0.3, -0.25) is 4.79 Å². The minimum absolute atomic E-state index is 0.0835. The van der Waals surface area contributed by atoms with Gasteiger partial charge in [0.2, 0.25) is 0 Å². The van der Waals surface area contributed by atoms with Crippen molar-refractivity contribution in [1.29, 1.82) is 0 Å². The van der Waals surface area contributed by atoms with Crippen LogP contribution in [-0.2, 0) is 0 Å². The van der Waals surface area contributed by atoms with Gasteiger partial charge < -0.3 is 10.6 Å². The van der Waals surface area contributed by atoms with E-state index in [1.54, 1.807) is 12.3 Å². The summed E-state index contributed by atoms with van der Waals surface area (Å²) in [4.78, 5) is 16.2. The number of nitrogens with one attached hydrogen (secondary N) is 2. The van der Waals surface area contributed by atoms with Gasteiger partial charge >= 0.3 is 0 Å². The highest BCUT2D eigenvalue weighted by molar-refractivity contribution is 5.92. The van der Waals surface area contributed by atoms with Crippen molar-refractivity contribution in [2.24, 2.45) is 5.92 Å². The maximum atomic E-state index is 11.9. The van der Waals surface area contributed by atoms with Crippen molar-refractivity contribution in [3.63, 3.8) is 0 Å². The summed E-state index contributed by atoms with van der Waals surface area (Å²) in [5.74, 6) is 0.514. The van der Waals surface area contributed by atoms with Crippen molar-refractivity contribution < 1.29 is 4.79 Å². The zero-order valence-electron chi connectivity index (χ0n) is 13.2. The third-order valence-electron chi connectivity index (χ3n) is 3.98. The van der Waals surface area contributed by atoms with Crippen molar-refractivity contribution in [3.8, 4) is 0 Å². The molecule has 2 rings (SSSR count). The highest BCUT2D eigenvalue weighted by atomic mass is 16.1. The summed E-state index contributed by atoms with van der Waals surface area (Å²) in [6, 6.07) is 4.32. The van der Waals surface area contributed by atoms with E-state index in [-0.39, 0.29) is 5.91 Å². The predicted octanol–water partition coefficient (Wildman–Crippen LogP) is 3.60. The molecule has 4 heteroatoms. The van der Waals surface area contributed by atoms with Crippen molar-refractivity contribution in [3.05, 3.63) is 24.0 Å².